The molecule has 7 nitrogen and oxygen atoms in total. The summed E-state index contributed by atoms with van der Waals surface area (Å²) >= 11 is 0. The molecule has 1 aromatic heterocycles. The van der Waals surface area contributed by atoms with E-state index in [-0.39, 0.29) is 30.7 Å². The van der Waals surface area contributed by atoms with E-state index >= 15 is 0 Å². The van der Waals surface area contributed by atoms with Crippen LogP contribution in [0.2, 0.25) is 0 Å². The van der Waals surface area contributed by atoms with Crippen molar-refractivity contribution in [2.75, 3.05) is 23.2 Å². The molecule has 2 rings (SSSR count). The van der Waals surface area contributed by atoms with Gasteiger partial charge in [0, 0.05) is 11.7 Å². The average Bonchev–Trinajstić information content (AvgIpc) is 2.44. The molecule has 0 saturated carbocycles. The molecule has 0 saturated heterocycles. The van der Waals surface area contributed by atoms with Gasteiger partial charge in [0.15, 0.2) is 0 Å². The molecule has 0 radical (unpaired) electrons. The van der Waals surface area contributed by atoms with Gasteiger partial charge in [-0.1, -0.05) is 0 Å². The number of anilines is 1. The molecule has 1 amide bonds. The normalized spacial score (nSPS) is 15.0. The molecule has 0 aliphatic carbocycles. The molecule has 122 valence electrons. The predicted molar refractivity (Wildman–Crippen MR) is 83.8 cm³/mol. The Kier molecular flexibility index (Phi) is 4.32. The number of nitrogens with one attached hydrogen (secondary N) is 1. The number of aromatic nitrogens is 1. The van der Waals surface area contributed by atoms with Gasteiger partial charge in [-0.2, -0.15) is 0 Å². The number of rotatable bonds is 3. The molecular weight excluding hydrogens is 306 g/mol. The van der Waals surface area contributed by atoms with Gasteiger partial charge in [-0.3, -0.25) is 9.10 Å². The van der Waals surface area contributed by atoms with Crippen LogP contribution in [0.4, 0.5) is 5.69 Å². The number of sulfonamides is 1. The van der Waals surface area contributed by atoms with Crippen LogP contribution in [-0.2, 0) is 10.0 Å². The first kappa shape index (κ1) is 16.5. The molecule has 1 aliphatic heterocycles. The molecule has 0 fully saturated rings. The maximum atomic E-state index is 12.2. The molecule has 0 spiro atoms. The number of hydrogen-bond donors (Lipinski definition) is 1. The van der Waals surface area contributed by atoms with E-state index in [0.717, 1.165) is 0 Å². The minimum atomic E-state index is -3.43. The summed E-state index contributed by atoms with van der Waals surface area (Å²) < 4.78 is 31.0. The van der Waals surface area contributed by atoms with Crippen LogP contribution in [0.15, 0.2) is 12.3 Å². The Hall–Kier alpha value is -1.83. The molecule has 0 bridgehead atoms. The number of ether oxygens (including phenoxy) is 1. The number of pyridine rings is 1. The monoisotopic (exact) mass is 327 g/mol. The lowest BCUT2D eigenvalue weighted by Crippen LogP contribution is -2.41. The van der Waals surface area contributed by atoms with Gasteiger partial charge in [-0.05, 0) is 33.8 Å². The van der Waals surface area contributed by atoms with Gasteiger partial charge in [0.05, 0.1) is 17.9 Å². The number of fused-ring (bicyclic) bond motifs is 1. The molecule has 2 heterocycles. The van der Waals surface area contributed by atoms with Gasteiger partial charge >= 0.3 is 0 Å². The van der Waals surface area contributed by atoms with E-state index in [9.17, 15) is 13.2 Å². The van der Waals surface area contributed by atoms with E-state index < -0.39 is 15.6 Å². The summed E-state index contributed by atoms with van der Waals surface area (Å²) in [6.07, 6.45) is 1.39. The zero-order valence-electron chi connectivity index (χ0n) is 13.2. The minimum absolute atomic E-state index is 0.0230. The summed E-state index contributed by atoms with van der Waals surface area (Å²) in [6.45, 7) is 7.64. The van der Waals surface area contributed by atoms with E-state index in [4.69, 9.17) is 4.74 Å². The Labute approximate surface area is 130 Å². The van der Waals surface area contributed by atoms with E-state index in [1.165, 1.54) is 16.6 Å². The summed E-state index contributed by atoms with van der Waals surface area (Å²) in [7, 11) is -3.43. The van der Waals surface area contributed by atoms with Crippen LogP contribution in [0.5, 0.6) is 5.88 Å². The molecule has 1 N–H and O–H groups in total. The highest BCUT2D eigenvalue weighted by Gasteiger charge is 2.29. The molecule has 1 aliphatic rings. The van der Waals surface area contributed by atoms with Crippen molar-refractivity contribution in [1.82, 2.24) is 10.3 Å². The number of amides is 1. The van der Waals surface area contributed by atoms with E-state index in [1.807, 2.05) is 20.8 Å². The minimum Gasteiger partial charge on any atom is -0.474 e. The smallest absolute Gasteiger partial charge is 0.253 e. The Bertz CT molecular complexity index is 680. The second-order valence-electron chi connectivity index (χ2n) is 6.07. The quantitative estimate of drug-likeness (QED) is 0.900. The Balaban J connectivity index is 2.40. The van der Waals surface area contributed by atoms with Crippen LogP contribution < -0.4 is 14.4 Å². The first-order valence-electron chi connectivity index (χ1n) is 7.10. The molecule has 8 heteroatoms. The maximum Gasteiger partial charge on any atom is 0.253 e. The van der Waals surface area contributed by atoms with Crippen LogP contribution in [0, 0.1) is 0 Å². The lowest BCUT2D eigenvalue weighted by molar-refractivity contribution is 0.0919. The number of carbonyl (C=O) groups excluding carboxylic acids is 1. The molecule has 0 unspecified atom stereocenters. The fourth-order valence-electron chi connectivity index (χ4n) is 2.06. The van der Waals surface area contributed by atoms with Crippen LogP contribution in [0.3, 0.4) is 0 Å². The highest BCUT2D eigenvalue weighted by Crippen LogP contribution is 2.32. The predicted octanol–water partition coefficient (Wildman–Crippen LogP) is 1.16. The van der Waals surface area contributed by atoms with Crippen LogP contribution >= 0.6 is 0 Å². The summed E-state index contributed by atoms with van der Waals surface area (Å²) in [5.74, 6) is -0.0944. The van der Waals surface area contributed by atoms with Gasteiger partial charge in [0.2, 0.25) is 15.9 Å². The van der Waals surface area contributed by atoms with Gasteiger partial charge in [-0.25, -0.2) is 13.4 Å². The van der Waals surface area contributed by atoms with Crippen molar-refractivity contribution in [3.8, 4) is 5.88 Å². The fourth-order valence-corrected chi connectivity index (χ4v) is 3.15. The highest BCUT2D eigenvalue weighted by atomic mass is 32.2. The lowest BCUT2D eigenvalue weighted by atomic mass is 10.1. The summed E-state index contributed by atoms with van der Waals surface area (Å²) in [5.41, 5.74) is 0.226. The first-order chi connectivity index (χ1) is 10.1. The van der Waals surface area contributed by atoms with E-state index in [2.05, 4.69) is 10.3 Å². The van der Waals surface area contributed by atoms with Gasteiger partial charge < -0.3 is 10.1 Å². The summed E-state index contributed by atoms with van der Waals surface area (Å²) in [5, 5.41) is 2.82. The molecule has 0 aromatic carbocycles. The van der Waals surface area contributed by atoms with Crippen molar-refractivity contribution in [2.45, 2.75) is 33.2 Å². The molecule has 0 atom stereocenters. The molecular formula is C14H21N3O4S. The number of carbonyl (C=O) groups is 1. The number of nitrogens with zero attached hydrogens (tertiary/aromatic N) is 2. The first-order valence-corrected chi connectivity index (χ1v) is 8.71. The average molecular weight is 327 g/mol. The Morgan fingerprint density at radius 3 is 2.73 bits per heavy atom. The number of hydrogen-bond acceptors (Lipinski definition) is 5. The third-order valence-corrected chi connectivity index (χ3v) is 4.87. The zero-order chi connectivity index (χ0) is 16.5. The highest BCUT2D eigenvalue weighted by molar-refractivity contribution is 7.92. The van der Waals surface area contributed by atoms with Crippen molar-refractivity contribution in [3.63, 3.8) is 0 Å². The van der Waals surface area contributed by atoms with Crippen molar-refractivity contribution in [2.24, 2.45) is 0 Å². The van der Waals surface area contributed by atoms with Crippen LogP contribution in [0.25, 0.3) is 0 Å². The van der Waals surface area contributed by atoms with Crippen molar-refractivity contribution >= 4 is 21.6 Å². The van der Waals surface area contributed by atoms with E-state index in [1.54, 1.807) is 6.92 Å². The standard InChI is InChI=1S/C14H21N3O4S/c1-5-22(19,20)17-6-7-21-13-11(17)8-10(9-15-13)12(18)16-14(2,3)4/h8-9H,5-7H2,1-4H3,(H,16,18). The SMILES string of the molecule is CCS(=O)(=O)N1CCOc2ncc(C(=O)NC(C)(C)C)cc21. The van der Waals surface area contributed by atoms with Crippen molar-refractivity contribution in [3.05, 3.63) is 17.8 Å². The largest absolute Gasteiger partial charge is 0.474 e. The summed E-state index contributed by atoms with van der Waals surface area (Å²) in [4.78, 5) is 16.3. The summed E-state index contributed by atoms with van der Waals surface area (Å²) in [6, 6.07) is 1.51. The van der Waals surface area contributed by atoms with Crippen LogP contribution in [-0.4, -0.2) is 43.8 Å². The second kappa shape index (κ2) is 5.75. The zero-order valence-corrected chi connectivity index (χ0v) is 14.0. The molecule has 1 aromatic rings. The third-order valence-electron chi connectivity index (χ3n) is 3.09. The Morgan fingerprint density at radius 2 is 2.14 bits per heavy atom. The van der Waals surface area contributed by atoms with Gasteiger partial charge in [0.1, 0.15) is 12.3 Å². The van der Waals surface area contributed by atoms with Gasteiger partial charge in [-0.15, -0.1) is 0 Å². The second-order valence-corrected chi connectivity index (χ2v) is 8.26. The third kappa shape index (κ3) is 3.49. The maximum absolute atomic E-state index is 12.2. The Morgan fingerprint density at radius 1 is 1.45 bits per heavy atom. The molecule has 22 heavy (non-hydrogen) atoms. The topological polar surface area (TPSA) is 88.6 Å². The van der Waals surface area contributed by atoms with E-state index in [0.29, 0.717) is 11.3 Å². The van der Waals surface area contributed by atoms with Crippen LogP contribution in [0.1, 0.15) is 38.1 Å². The lowest BCUT2D eigenvalue weighted by Gasteiger charge is -2.29. The fraction of sp³-hybridized carbons (Fsp3) is 0.571. The van der Waals surface area contributed by atoms with Crippen molar-refractivity contribution in [1.29, 1.82) is 0 Å². The van der Waals surface area contributed by atoms with Crippen molar-refractivity contribution < 1.29 is 17.9 Å². The van der Waals surface area contributed by atoms with Gasteiger partial charge in [0.25, 0.3) is 5.91 Å².